The lowest BCUT2D eigenvalue weighted by atomic mass is 9.67. The molecule has 2 aliphatic rings. The van der Waals surface area contributed by atoms with Crippen molar-refractivity contribution < 1.29 is 5.11 Å². The lowest BCUT2D eigenvalue weighted by molar-refractivity contribution is -0.0748. The van der Waals surface area contributed by atoms with Crippen molar-refractivity contribution in [2.45, 2.75) is 96.0 Å². The molecule has 0 aromatic carbocycles. The zero-order chi connectivity index (χ0) is 12.8. The van der Waals surface area contributed by atoms with E-state index in [1.165, 1.54) is 70.6 Å². The molecule has 2 aliphatic carbocycles. The summed E-state index contributed by atoms with van der Waals surface area (Å²) in [6.45, 7) is 2.32. The minimum Gasteiger partial charge on any atom is -0.390 e. The highest BCUT2D eigenvalue weighted by molar-refractivity contribution is 4.92. The van der Waals surface area contributed by atoms with E-state index in [1.807, 2.05) is 0 Å². The lowest BCUT2D eigenvalue weighted by Gasteiger charge is -2.43. The van der Waals surface area contributed by atoms with E-state index in [4.69, 9.17) is 0 Å². The van der Waals surface area contributed by atoms with E-state index in [0.29, 0.717) is 5.92 Å². The molecule has 2 saturated carbocycles. The zero-order valence-electron chi connectivity index (χ0n) is 12.3. The molecular formula is C17H32O. The predicted octanol–water partition coefficient (Wildman–Crippen LogP) is 5.07. The third kappa shape index (κ3) is 3.98. The van der Waals surface area contributed by atoms with Gasteiger partial charge in [0.15, 0.2) is 0 Å². The number of rotatable bonds is 0. The van der Waals surface area contributed by atoms with Gasteiger partial charge in [-0.15, -0.1) is 0 Å². The molecule has 0 amide bonds. The van der Waals surface area contributed by atoms with Gasteiger partial charge in [-0.25, -0.2) is 0 Å². The molecule has 2 rings (SSSR count). The predicted molar refractivity (Wildman–Crippen MR) is 77.6 cm³/mol. The molecule has 0 bridgehead atoms. The third-order valence-electron chi connectivity index (χ3n) is 5.38. The molecule has 0 aromatic rings. The van der Waals surface area contributed by atoms with Gasteiger partial charge in [0.1, 0.15) is 0 Å². The Bertz CT molecular complexity index is 238. The number of fused-ring (bicyclic) bond motifs is 1. The quantitative estimate of drug-likeness (QED) is 0.638. The average Bonchev–Trinajstić information content (AvgIpc) is 2.32. The summed E-state index contributed by atoms with van der Waals surface area (Å²) in [7, 11) is 0. The van der Waals surface area contributed by atoms with E-state index in [-0.39, 0.29) is 5.60 Å². The Morgan fingerprint density at radius 3 is 2.11 bits per heavy atom. The van der Waals surface area contributed by atoms with Crippen molar-refractivity contribution in [3.05, 3.63) is 0 Å². The Morgan fingerprint density at radius 2 is 1.39 bits per heavy atom. The Balaban J connectivity index is 1.94. The minimum atomic E-state index is -0.309. The third-order valence-corrected chi connectivity index (χ3v) is 5.38. The van der Waals surface area contributed by atoms with Crippen LogP contribution in [0.25, 0.3) is 0 Å². The van der Waals surface area contributed by atoms with Crippen molar-refractivity contribution in [3.8, 4) is 0 Å². The van der Waals surface area contributed by atoms with Gasteiger partial charge in [-0.1, -0.05) is 64.7 Å². The SMILES string of the molecule is CC1CCC2CCCCCCCCCCC2(O)C1. The van der Waals surface area contributed by atoms with Gasteiger partial charge < -0.3 is 5.11 Å². The van der Waals surface area contributed by atoms with Crippen LogP contribution in [0.5, 0.6) is 0 Å². The first-order valence-corrected chi connectivity index (χ1v) is 8.43. The maximum atomic E-state index is 11.0. The van der Waals surface area contributed by atoms with Crippen LogP contribution in [0, 0.1) is 11.8 Å². The summed E-state index contributed by atoms with van der Waals surface area (Å²) in [6, 6.07) is 0. The number of hydrogen-bond donors (Lipinski definition) is 1. The molecule has 0 aromatic heterocycles. The molecule has 0 radical (unpaired) electrons. The van der Waals surface area contributed by atoms with Crippen molar-refractivity contribution in [1.82, 2.24) is 0 Å². The molecule has 0 aliphatic heterocycles. The van der Waals surface area contributed by atoms with Gasteiger partial charge in [-0.2, -0.15) is 0 Å². The van der Waals surface area contributed by atoms with E-state index in [2.05, 4.69) is 6.92 Å². The maximum Gasteiger partial charge on any atom is 0.0678 e. The molecule has 18 heavy (non-hydrogen) atoms. The van der Waals surface area contributed by atoms with Crippen molar-refractivity contribution in [3.63, 3.8) is 0 Å². The second kappa shape index (κ2) is 6.93. The summed E-state index contributed by atoms with van der Waals surface area (Å²) in [5.74, 6) is 1.34. The molecular weight excluding hydrogens is 220 g/mol. The average molecular weight is 252 g/mol. The summed E-state index contributed by atoms with van der Waals surface area (Å²) in [6.07, 6.45) is 17.0. The summed E-state index contributed by atoms with van der Waals surface area (Å²) >= 11 is 0. The second-order valence-corrected chi connectivity index (χ2v) is 7.05. The molecule has 3 unspecified atom stereocenters. The van der Waals surface area contributed by atoms with Gasteiger partial charge in [0.25, 0.3) is 0 Å². The zero-order valence-corrected chi connectivity index (χ0v) is 12.3. The number of aliphatic hydroxyl groups is 1. The Hall–Kier alpha value is -0.0400. The molecule has 106 valence electrons. The van der Waals surface area contributed by atoms with Gasteiger partial charge in [-0.05, 0) is 37.5 Å². The number of hydrogen-bond acceptors (Lipinski definition) is 1. The van der Waals surface area contributed by atoms with E-state index < -0.39 is 0 Å². The van der Waals surface area contributed by atoms with Crippen LogP contribution in [0.15, 0.2) is 0 Å². The molecule has 3 atom stereocenters. The molecule has 1 nitrogen and oxygen atoms in total. The van der Waals surface area contributed by atoms with Crippen LogP contribution in [-0.2, 0) is 0 Å². The Morgan fingerprint density at radius 1 is 0.778 bits per heavy atom. The smallest absolute Gasteiger partial charge is 0.0678 e. The molecule has 1 N–H and O–H groups in total. The van der Waals surface area contributed by atoms with Crippen LogP contribution in [0.2, 0.25) is 0 Å². The maximum absolute atomic E-state index is 11.0. The second-order valence-electron chi connectivity index (χ2n) is 7.05. The highest BCUT2D eigenvalue weighted by atomic mass is 16.3. The largest absolute Gasteiger partial charge is 0.390 e. The molecule has 1 heteroatoms. The van der Waals surface area contributed by atoms with Crippen molar-refractivity contribution in [2.24, 2.45) is 11.8 Å². The Kier molecular flexibility index (Phi) is 5.54. The van der Waals surface area contributed by atoms with Gasteiger partial charge in [-0.3, -0.25) is 0 Å². The van der Waals surface area contributed by atoms with E-state index in [9.17, 15) is 5.11 Å². The van der Waals surface area contributed by atoms with Crippen LogP contribution < -0.4 is 0 Å². The molecule has 0 spiro atoms. The van der Waals surface area contributed by atoms with Crippen LogP contribution in [0.4, 0.5) is 0 Å². The van der Waals surface area contributed by atoms with E-state index in [1.54, 1.807) is 0 Å². The van der Waals surface area contributed by atoms with Crippen LogP contribution in [0.3, 0.4) is 0 Å². The van der Waals surface area contributed by atoms with E-state index >= 15 is 0 Å². The lowest BCUT2D eigenvalue weighted by Crippen LogP contribution is -2.43. The van der Waals surface area contributed by atoms with Gasteiger partial charge >= 0.3 is 0 Å². The summed E-state index contributed by atoms with van der Waals surface area (Å²) in [5.41, 5.74) is -0.309. The van der Waals surface area contributed by atoms with Crippen molar-refractivity contribution in [2.75, 3.05) is 0 Å². The first kappa shape index (κ1) is 14.4. The minimum absolute atomic E-state index is 0.309. The Labute approximate surface area is 113 Å². The van der Waals surface area contributed by atoms with E-state index in [0.717, 1.165) is 18.8 Å². The van der Waals surface area contributed by atoms with Gasteiger partial charge in [0.05, 0.1) is 5.60 Å². The summed E-state index contributed by atoms with van der Waals surface area (Å²) < 4.78 is 0. The fraction of sp³-hybridized carbons (Fsp3) is 1.00. The molecule has 0 heterocycles. The monoisotopic (exact) mass is 252 g/mol. The first-order valence-electron chi connectivity index (χ1n) is 8.43. The topological polar surface area (TPSA) is 20.2 Å². The highest BCUT2D eigenvalue weighted by Crippen LogP contribution is 2.43. The summed E-state index contributed by atoms with van der Waals surface area (Å²) in [4.78, 5) is 0. The standard InChI is InChI=1S/C17H32O/c1-15-11-12-16-10-8-6-4-2-3-5-7-9-13-17(16,18)14-15/h15-16,18H,2-14H2,1H3. The fourth-order valence-electron chi connectivity index (χ4n) is 4.23. The first-order chi connectivity index (χ1) is 8.71. The highest BCUT2D eigenvalue weighted by Gasteiger charge is 2.40. The van der Waals surface area contributed by atoms with Crippen LogP contribution in [0.1, 0.15) is 90.4 Å². The van der Waals surface area contributed by atoms with Crippen LogP contribution >= 0.6 is 0 Å². The van der Waals surface area contributed by atoms with Crippen molar-refractivity contribution >= 4 is 0 Å². The summed E-state index contributed by atoms with van der Waals surface area (Å²) in [5, 5.41) is 11.0. The molecule has 0 saturated heterocycles. The fourth-order valence-corrected chi connectivity index (χ4v) is 4.23. The molecule has 2 fully saturated rings. The normalized spacial score (nSPS) is 40.3. The van der Waals surface area contributed by atoms with Gasteiger partial charge in [0.2, 0.25) is 0 Å². The van der Waals surface area contributed by atoms with Crippen molar-refractivity contribution in [1.29, 1.82) is 0 Å². The van der Waals surface area contributed by atoms with Crippen LogP contribution in [-0.4, -0.2) is 10.7 Å². The van der Waals surface area contributed by atoms with Gasteiger partial charge in [0, 0.05) is 0 Å².